The third-order valence-electron chi connectivity index (χ3n) is 3.45. The number of rotatable bonds is 3. The molecule has 1 aliphatic rings. The van der Waals surface area contributed by atoms with Crippen LogP contribution in [0.2, 0.25) is 0 Å². The number of hydrogen-bond acceptors (Lipinski definition) is 4. The van der Waals surface area contributed by atoms with Gasteiger partial charge in [-0.1, -0.05) is 24.3 Å². The number of hydrazine groups is 1. The van der Waals surface area contributed by atoms with E-state index in [1.165, 1.54) is 24.5 Å². The second kappa shape index (κ2) is 5.86. The van der Waals surface area contributed by atoms with E-state index in [0.717, 1.165) is 0 Å². The minimum absolute atomic E-state index is 0.157. The van der Waals surface area contributed by atoms with Crippen LogP contribution in [0.1, 0.15) is 31.1 Å². The summed E-state index contributed by atoms with van der Waals surface area (Å²) in [6, 6.07) is 12.7. The van der Waals surface area contributed by atoms with Gasteiger partial charge in [0.25, 0.3) is 17.7 Å². The summed E-state index contributed by atoms with van der Waals surface area (Å²) in [6.45, 7) is 0. The van der Waals surface area contributed by atoms with Crippen molar-refractivity contribution >= 4 is 28.9 Å². The minimum Gasteiger partial charge on any atom is -0.612 e. The number of hydrogen-bond donors (Lipinski definition) is 1. The first kappa shape index (κ1) is 15.3. The number of imide groups is 1. The standard InChI is InChI=1S/C16H12N2O4S/c1-23(22)13-9-5-4-8-12(13)14(19)17-18-15(20)10-6-2-3-7-11(10)16(18)21/h2-9H,1H3,(H,17,19). The quantitative estimate of drug-likeness (QED) is 0.680. The fourth-order valence-electron chi connectivity index (χ4n) is 2.36. The summed E-state index contributed by atoms with van der Waals surface area (Å²) in [4.78, 5) is 37.2. The summed E-state index contributed by atoms with van der Waals surface area (Å²) >= 11 is -1.37. The molecule has 0 saturated heterocycles. The molecule has 1 unspecified atom stereocenters. The molecular weight excluding hydrogens is 316 g/mol. The molecule has 0 aliphatic carbocycles. The van der Waals surface area contributed by atoms with Gasteiger partial charge in [0.2, 0.25) is 0 Å². The summed E-state index contributed by atoms with van der Waals surface area (Å²) in [5.74, 6) is -1.84. The molecule has 1 atom stereocenters. The van der Waals surface area contributed by atoms with Crippen LogP contribution >= 0.6 is 0 Å². The zero-order chi connectivity index (χ0) is 16.6. The van der Waals surface area contributed by atoms with Gasteiger partial charge in [0.05, 0.1) is 16.7 Å². The highest BCUT2D eigenvalue weighted by atomic mass is 32.2. The van der Waals surface area contributed by atoms with Crippen LogP contribution in [0.5, 0.6) is 0 Å². The van der Waals surface area contributed by atoms with Crippen LogP contribution in [0, 0.1) is 0 Å². The van der Waals surface area contributed by atoms with Gasteiger partial charge in [0, 0.05) is 0 Å². The van der Waals surface area contributed by atoms with Crippen molar-refractivity contribution < 1.29 is 18.9 Å². The van der Waals surface area contributed by atoms with E-state index in [2.05, 4.69) is 5.43 Å². The highest BCUT2D eigenvalue weighted by molar-refractivity contribution is 7.90. The summed E-state index contributed by atoms with van der Waals surface area (Å²) in [6.07, 6.45) is 1.45. The normalized spacial score (nSPS) is 14.6. The highest BCUT2D eigenvalue weighted by Crippen LogP contribution is 2.21. The number of fused-ring (bicyclic) bond motifs is 1. The van der Waals surface area contributed by atoms with Gasteiger partial charge in [-0.3, -0.25) is 19.8 Å². The molecule has 1 heterocycles. The van der Waals surface area contributed by atoms with Crippen molar-refractivity contribution in [2.75, 3.05) is 6.26 Å². The van der Waals surface area contributed by atoms with Gasteiger partial charge in [-0.05, 0) is 35.4 Å². The summed E-state index contributed by atoms with van der Waals surface area (Å²) in [7, 11) is 0. The van der Waals surface area contributed by atoms with Crippen molar-refractivity contribution in [2.45, 2.75) is 4.90 Å². The Morgan fingerprint density at radius 2 is 1.52 bits per heavy atom. The molecule has 0 spiro atoms. The Morgan fingerprint density at radius 1 is 1.00 bits per heavy atom. The molecule has 23 heavy (non-hydrogen) atoms. The number of carbonyl (C=O) groups excluding carboxylic acids is 3. The van der Waals surface area contributed by atoms with E-state index in [9.17, 15) is 18.9 Å². The van der Waals surface area contributed by atoms with Gasteiger partial charge in [-0.25, -0.2) is 0 Å². The molecule has 7 heteroatoms. The number of nitrogens with one attached hydrogen (secondary N) is 1. The first-order valence-electron chi connectivity index (χ1n) is 6.72. The molecule has 1 N–H and O–H groups in total. The van der Waals surface area contributed by atoms with Crippen LogP contribution in [0.4, 0.5) is 0 Å². The van der Waals surface area contributed by atoms with E-state index in [4.69, 9.17) is 0 Å². The van der Waals surface area contributed by atoms with Crippen molar-refractivity contribution in [1.29, 1.82) is 0 Å². The SMILES string of the molecule is C[S+]([O-])c1ccccc1C(=O)NN1C(=O)c2ccccc2C1=O. The number of benzene rings is 2. The van der Waals surface area contributed by atoms with Crippen LogP contribution in [-0.4, -0.2) is 33.5 Å². The number of carbonyl (C=O) groups is 3. The van der Waals surface area contributed by atoms with Crippen molar-refractivity contribution in [3.8, 4) is 0 Å². The Balaban J connectivity index is 1.88. The maximum atomic E-state index is 12.4. The molecule has 2 aromatic carbocycles. The smallest absolute Gasteiger partial charge is 0.280 e. The van der Waals surface area contributed by atoms with Crippen molar-refractivity contribution in [3.63, 3.8) is 0 Å². The van der Waals surface area contributed by atoms with E-state index in [1.807, 2.05) is 0 Å². The average molecular weight is 328 g/mol. The molecule has 0 bridgehead atoms. The van der Waals surface area contributed by atoms with Gasteiger partial charge in [0.15, 0.2) is 4.90 Å². The van der Waals surface area contributed by atoms with Crippen LogP contribution < -0.4 is 5.43 Å². The Bertz CT molecular complexity index is 784. The Morgan fingerprint density at radius 3 is 2.09 bits per heavy atom. The molecule has 3 amide bonds. The summed E-state index contributed by atoms with van der Waals surface area (Å²) in [5, 5.41) is 0.683. The molecule has 0 aromatic heterocycles. The van der Waals surface area contributed by atoms with Crippen LogP contribution in [0.3, 0.4) is 0 Å². The molecule has 1 aliphatic heterocycles. The van der Waals surface area contributed by atoms with Gasteiger partial charge in [0.1, 0.15) is 6.26 Å². The number of amides is 3. The lowest BCUT2D eigenvalue weighted by molar-refractivity contribution is 0.0517. The summed E-state index contributed by atoms with van der Waals surface area (Å²) < 4.78 is 11.7. The second-order valence-electron chi connectivity index (χ2n) is 4.88. The molecule has 3 rings (SSSR count). The largest absolute Gasteiger partial charge is 0.612 e. The van der Waals surface area contributed by atoms with E-state index in [0.29, 0.717) is 9.90 Å². The molecule has 0 saturated carbocycles. The van der Waals surface area contributed by atoms with Gasteiger partial charge in [-0.2, -0.15) is 5.01 Å². The zero-order valence-corrected chi connectivity index (χ0v) is 12.9. The highest BCUT2D eigenvalue weighted by Gasteiger charge is 2.37. The van der Waals surface area contributed by atoms with Crippen LogP contribution in [0.25, 0.3) is 0 Å². The molecule has 2 aromatic rings. The maximum absolute atomic E-state index is 12.4. The maximum Gasteiger partial charge on any atom is 0.280 e. The predicted octanol–water partition coefficient (Wildman–Crippen LogP) is 1.36. The fourth-order valence-corrected chi connectivity index (χ4v) is 3.10. The van der Waals surface area contributed by atoms with E-state index < -0.39 is 28.9 Å². The lowest BCUT2D eigenvalue weighted by Crippen LogP contribution is -2.46. The Kier molecular flexibility index (Phi) is 3.89. The Labute approximate surface area is 135 Å². The van der Waals surface area contributed by atoms with E-state index in [-0.39, 0.29) is 16.7 Å². The van der Waals surface area contributed by atoms with Crippen molar-refractivity contribution in [3.05, 3.63) is 65.2 Å². The first-order chi connectivity index (χ1) is 11.0. The molecule has 0 radical (unpaired) electrons. The van der Waals surface area contributed by atoms with Crippen molar-refractivity contribution in [2.24, 2.45) is 0 Å². The average Bonchev–Trinajstić information content (AvgIpc) is 2.80. The van der Waals surface area contributed by atoms with Crippen LogP contribution in [-0.2, 0) is 11.2 Å². The molecule has 116 valence electrons. The second-order valence-corrected chi connectivity index (χ2v) is 6.23. The lowest BCUT2D eigenvalue weighted by atomic mass is 10.1. The van der Waals surface area contributed by atoms with Crippen molar-refractivity contribution in [1.82, 2.24) is 10.4 Å². The third-order valence-corrected chi connectivity index (χ3v) is 4.42. The third kappa shape index (κ3) is 2.60. The molecular formula is C16H12N2O4S. The van der Waals surface area contributed by atoms with Gasteiger partial charge in [-0.15, -0.1) is 0 Å². The molecule has 0 fully saturated rings. The summed E-state index contributed by atoms with van der Waals surface area (Å²) in [5.41, 5.74) is 2.94. The Hall–Kier alpha value is -2.64. The minimum atomic E-state index is -1.37. The fraction of sp³-hybridized carbons (Fsp3) is 0.0625. The lowest BCUT2D eigenvalue weighted by Gasteiger charge is -2.16. The molecule has 6 nitrogen and oxygen atoms in total. The van der Waals surface area contributed by atoms with E-state index >= 15 is 0 Å². The van der Waals surface area contributed by atoms with Crippen LogP contribution in [0.15, 0.2) is 53.4 Å². The zero-order valence-electron chi connectivity index (χ0n) is 12.1. The van der Waals surface area contributed by atoms with Gasteiger partial charge >= 0.3 is 0 Å². The van der Waals surface area contributed by atoms with E-state index in [1.54, 1.807) is 30.3 Å². The number of nitrogens with zero attached hydrogens (tertiary/aromatic N) is 1. The first-order valence-corrected chi connectivity index (χ1v) is 8.28. The topological polar surface area (TPSA) is 89.5 Å². The monoisotopic (exact) mass is 328 g/mol. The predicted molar refractivity (Wildman–Crippen MR) is 83.2 cm³/mol. The van der Waals surface area contributed by atoms with Gasteiger partial charge < -0.3 is 4.55 Å².